The van der Waals surface area contributed by atoms with Gasteiger partial charge in [-0.15, -0.1) is 0 Å². The molecule has 2 aliphatic rings. The standard InChI is InChI=1S/C28H29N5O5.C18H21N3O3.C12H12BrNO3.C10H10N2O3/c1-15-25(16(2)33(4)32-15)26-20(19-13-18(37-11-10-36-5)7-8-22(19)31-26)14-24-27(34)21-12-17(30-28(35)29-3)6-9-23(21)38-24;1-11-17(12(2)21(3)20-11)18-15(10-22)14-9-13(24-8-7-23-4)5-6-16(14)19-18;1-16-4-5-17-8-2-3-11-9(6-8)10(7-15)12(13)14-11;1-11-10(14)12-6-2-3-9-7(4-6)8(13)5-15-9/h6-9,12-14,31H,10-11H2,1-5H3,(H2,29,30,35);5-6,9-10,19H,7-8H2,1-4H3;2-3,6-7,14H,4-5H2,1H3;2-4H,5H2,1H3,(H2,11,12,14)/b24-14-;;;. The van der Waals surface area contributed by atoms with E-state index >= 15 is 0 Å². The second-order valence-corrected chi connectivity index (χ2v) is 22.2. The number of aryl methyl sites for hydroxylation is 4. The summed E-state index contributed by atoms with van der Waals surface area (Å²) in [6.07, 6.45) is 3.47. The fourth-order valence-corrected chi connectivity index (χ4v) is 11.1. The topological polar surface area (TPSA) is 307 Å². The molecule has 25 nitrogen and oxygen atoms in total. The second kappa shape index (κ2) is 30.7. The zero-order chi connectivity index (χ0) is 67.3. The van der Waals surface area contributed by atoms with Crippen LogP contribution >= 0.6 is 15.9 Å². The Hall–Kier alpha value is -10.5. The number of carbonyl (C=O) groups is 6. The number of urea groups is 2. The van der Waals surface area contributed by atoms with Gasteiger partial charge in [-0.05, 0) is 141 Å². The number of allylic oxidation sites excluding steroid dienone is 1. The summed E-state index contributed by atoms with van der Waals surface area (Å²) in [5.74, 6) is 2.98. The molecule has 0 aliphatic carbocycles. The highest BCUT2D eigenvalue weighted by molar-refractivity contribution is 9.10. The van der Waals surface area contributed by atoms with Crippen LogP contribution in [0.4, 0.5) is 21.0 Å². The van der Waals surface area contributed by atoms with Crippen LogP contribution in [0, 0.1) is 27.7 Å². The molecule has 5 aromatic carbocycles. The summed E-state index contributed by atoms with van der Waals surface area (Å²) in [7, 11) is 11.7. The van der Waals surface area contributed by atoms with Crippen LogP contribution < -0.4 is 45.0 Å². The normalized spacial score (nSPS) is 12.4. The number of aromatic amines is 3. The average Bonchev–Trinajstić information content (AvgIpc) is 1.61. The summed E-state index contributed by atoms with van der Waals surface area (Å²) >= 11 is 3.31. The van der Waals surface area contributed by atoms with E-state index in [0.717, 1.165) is 102 Å². The summed E-state index contributed by atoms with van der Waals surface area (Å²) in [4.78, 5) is 80.2. The maximum absolute atomic E-state index is 13.4. The van der Waals surface area contributed by atoms with Crippen LogP contribution in [0.5, 0.6) is 28.7 Å². The fourth-order valence-electron chi connectivity index (χ4n) is 10.6. The van der Waals surface area contributed by atoms with Gasteiger partial charge >= 0.3 is 12.1 Å². The summed E-state index contributed by atoms with van der Waals surface area (Å²) in [5, 5.41) is 21.8. The van der Waals surface area contributed by atoms with Crippen LogP contribution in [-0.4, -0.2) is 152 Å². The highest BCUT2D eigenvalue weighted by atomic mass is 79.9. The lowest BCUT2D eigenvalue weighted by atomic mass is 10.0. The van der Waals surface area contributed by atoms with Gasteiger partial charge in [0, 0.05) is 127 Å². The van der Waals surface area contributed by atoms with Crippen molar-refractivity contribution in [1.82, 2.24) is 45.1 Å². The second-order valence-electron chi connectivity index (χ2n) is 21.4. The smallest absolute Gasteiger partial charge is 0.318 e. The van der Waals surface area contributed by atoms with E-state index in [9.17, 15) is 28.8 Å². The summed E-state index contributed by atoms with van der Waals surface area (Å²) in [5.41, 5.74) is 14.0. The summed E-state index contributed by atoms with van der Waals surface area (Å²) < 4.78 is 47.5. The molecule has 0 radical (unpaired) electrons. The number of rotatable bonds is 19. The number of ether oxygens (including phenoxy) is 8. The van der Waals surface area contributed by atoms with Crippen molar-refractivity contribution in [1.29, 1.82) is 0 Å². The highest BCUT2D eigenvalue weighted by Crippen LogP contribution is 2.41. The number of nitrogens with one attached hydrogen (secondary N) is 7. The molecule has 490 valence electrons. The van der Waals surface area contributed by atoms with Gasteiger partial charge in [0.05, 0.1) is 63.9 Å². The Morgan fingerprint density at radius 3 is 1.46 bits per heavy atom. The van der Waals surface area contributed by atoms with Crippen LogP contribution in [0.25, 0.3) is 61.3 Å². The van der Waals surface area contributed by atoms with Crippen molar-refractivity contribution in [3.8, 4) is 51.3 Å². The van der Waals surface area contributed by atoms with Crippen molar-refractivity contribution in [3.05, 3.63) is 152 Å². The van der Waals surface area contributed by atoms with Gasteiger partial charge in [0.15, 0.2) is 24.9 Å². The Morgan fingerprint density at radius 1 is 0.574 bits per heavy atom. The van der Waals surface area contributed by atoms with Crippen molar-refractivity contribution in [2.75, 3.05) is 92.3 Å². The molecule has 0 atom stereocenters. The summed E-state index contributed by atoms with van der Waals surface area (Å²) in [6.45, 7) is 10.9. The molecule has 26 heteroatoms. The van der Waals surface area contributed by atoms with E-state index in [0.29, 0.717) is 101 Å². The quantitative estimate of drug-likeness (QED) is 0.0225. The monoisotopic (exact) mass is 1350 g/mol. The number of amides is 4. The molecular weight excluding hydrogens is 1270 g/mol. The number of carbonyl (C=O) groups excluding carboxylic acids is 6. The number of nitrogens with zero attached hydrogens (tertiary/aromatic N) is 4. The maximum Gasteiger partial charge on any atom is 0.318 e. The number of fused-ring (bicyclic) bond motifs is 5. The predicted octanol–water partition coefficient (Wildman–Crippen LogP) is 11.4. The molecule has 2 aliphatic heterocycles. The number of hydrogen-bond donors (Lipinski definition) is 7. The first-order valence-electron chi connectivity index (χ1n) is 29.6. The van der Waals surface area contributed by atoms with Crippen molar-refractivity contribution < 1.29 is 66.7 Å². The van der Waals surface area contributed by atoms with E-state index < -0.39 is 0 Å². The molecule has 94 heavy (non-hydrogen) atoms. The van der Waals surface area contributed by atoms with E-state index in [4.69, 9.17) is 37.9 Å². The third-order valence-electron chi connectivity index (χ3n) is 15.4. The lowest BCUT2D eigenvalue weighted by molar-refractivity contribution is 0.0959. The number of aldehydes is 2. The van der Waals surface area contributed by atoms with Gasteiger partial charge in [-0.2, -0.15) is 10.2 Å². The molecule has 4 amide bonds. The number of anilines is 2. The maximum atomic E-state index is 13.4. The first-order chi connectivity index (χ1) is 45.3. The number of ketones is 2. The van der Waals surface area contributed by atoms with E-state index in [2.05, 4.69) is 62.3 Å². The number of Topliss-reactive ketones (excluding diaryl/α,β-unsaturated/α-hetero) is 2. The number of H-pyrrole nitrogens is 3. The minimum atomic E-state index is -0.374. The third-order valence-corrected chi connectivity index (χ3v) is 16.0. The number of methoxy groups -OCH3 is 3. The Balaban J connectivity index is 0.000000159. The van der Waals surface area contributed by atoms with Gasteiger partial charge in [-0.25, -0.2) is 9.59 Å². The van der Waals surface area contributed by atoms with Crippen molar-refractivity contribution in [3.63, 3.8) is 0 Å². The zero-order valence-corrected chi connectivity index (χ0v) is 55.3. The SMILES string of the molecule is CNC(=O)Nc1ccc2c(c1)C(=O)/C(=C/c1c(-c3c(C)nn(C)c3C)[nH]c3ccc(OCCOC)cc13)O2.CNC(=O)Nc1ccc2c(c1)C(=O)CO2.COCCOc1ccc2[nH]c(-c3c(C)nn(C)c3C)c(C=O)c2c1.COCCOc1ccc2[nH]c(Br)c(C=O)c2c1. The lowest BCUT2D eigenvalue weighted by Crippen LogP contribution is -2.24. The van der Waals surface area contributed by atoms with Gasteiger partial charge in [0.2, 0.25) is 11.6 Å². The molecule has 0 fully saturated rings. The van der Waals surface area contributed by atoms with Crippen molar-refractivity contribution in [2.45, 2.75) is 27.7 Å². The first-order valence-corrected chi connectivity index (χ1v) is 30.4. The predicted molar refractivity (Wildman–Crippen MR) is 361 cm³/mol. The Bertz CT molecular complexity index is 4520. The zero-order valence-electron chi connectivity index (χ0n) is 53.7. The fraction of sp³-hybridized carbons (Fsp3) is 0.265. The largest absolute Gasteiger partial charge is 0.491 e. The first kappa shape index (κ1) is 67.8. The summed E-state index contributed by atoms with van der Waals surface area (Å²) in [6, 6.07) is 26.3. The molecule has 0 saturated heterocycles. The number of benzene rings is 5. The molecule has 7 N–H and O–H groups in total. The van der Waals surface area contributed by atoms with Gasteiger partial charge in [-0.3, -0.25) is 28.5 Å². The molecular formula is C68H72BrN11O14. The molecule has 7 heterocycles. The van der Waals surface area contributed by atoms with Gasteiger partial charge < -0.3 is 74.1 Å². The van der Waals surface area contributed by atoms with E-state index in [1.807, 2.05) is 106 Å². The van der Waals surface area contributed by atoms with Gasteiger partial charge in [0.25, 0.3) is 0 Å². The van der Waals surface area contributed by atoms with Gasteiger partial charge in [0.1, 0.15) is 48.6 Å². The van der Waals surface area contributed by atoms with E-state index in [1.165, 1.54) is 14.1 Å². The molecule has 12 rings (SSSR count). The molecule has 0 spiro atoms. The highest BCUT2D eigenvalue weighted by Gasteiger charge is 2.30. The third kappa shape index (κ3) is 15.2. The van der Waals surface area contributed by atoms with Gasteiger partial charge in [-0.1, -0.05) is 0 Å². The van der Waals surface area contributed by atoms with Crippen LogP contribution in [0.3, 0.4) is 0 Å². The Kier molecular flexibility index (Phi) is 22.2. The van der Waals surface area contributed by atoms with Crippen molar-refractivity contribution >= 4 is 102 Å². The van der Waals surface area contributed by atoms with Crippen LogP contribution in [0.1, 0.15) is 69.8 Å². The minimum Gasteiger partial charge on any atom is -0.491 e. The molecule has 0 bridgehead atoms. The van der Waals surface area contributed by atoms with E-state index in [-0.39, 0.29) is 36.0 Å². The van der Waals surface area contributed by atoms with Crippen LogP contribution in [0.2, 0.25) is 0 Å². The van der Waals surface area contributed by atoms with Crippen molar-refractivity contribution in [2.24, 2.45) is 14.1 Å². The molecule has 0 saturated carbocycles. The Morgan fingerprint density at radius 2 is 1.01 bits per heavy atom. The molecule has 5 aromatic heterocycles. The lowest BCUT2D eigenvalue weighted by Gasteiger charge is -2.06. The molecule has 10 aromatic rings. The average molecular weight is 1350 g/mol. The number of halogens is 1. The van der Waals surface area contributed by atoms with E-state index in [1.54, 1.807) is 63.8 Å². The number of hydrogen-bond acceptors (Lipinski definition) is 16. The van der Waals surface area contributed by atoms with Crippen LogP contribution in [0.15, 0.2) is 101 Å². The minimum absolute atomic E-state index is 0.0643. The Labute approximate surface area is 548 Å². The number of aromatic nitrogens is 7. The molecule has 0 unspecified atom stereocenters. The van der Waals surface area contributed by atoms with Crippen LogP contribution in [-0.2, 0) is 28.3 Å².